The van der Waals surface area contributed by atoms with Crippen LogP contribution in [0.3, 0.4) is 0 Å². The average Bonchev–Trinajstić information content (AvgIpc) is 3.43. The molecular weight excluding hydrogens is 434 g/mol. The summed E-state index contributed by atoms with van der Waals surface area (Å²) in [6.07, 6.45) is 4.70. The van der Waals surface area contributed by atoms with Gasteiger partial charge in [-0.1, -0.05) is 66.9 Å². The molecule has 2 heterocycles. The van der Waals surface area contributed by atoms with E-state index in [1.807, 2.05) is 42.5 Å². The van der Waals surface area contributed by atoms with Gasteiger partial charge in [0.2, 0.25) is 11.8 Å². The second kappa shape index (κ2) is 8.77. The van der Waals surface area contributed by atoms with Crippen molar-refractivity contribution in [2.75, 3.05) is 19.6 Å². The minimum atomic E-state index is -0.532. The number of fused-ring (bicyclic) bond motifs is 1. The lowest BCUT2D eigenvalue weighted by Crippen LogP contribution is -2.63. The molecule has 3 atom stereocenters. The first kappa shape index (κ1) is 22.4. The Morgan fingerprint density at radius 1 is 1.06 bits per heavy atom. The van der Waals surface area contributed by atoms with Gasteiger partial charge in [0, 0.05) is 31.0 Å². The number of likely N-dealkylation sites (tertiary alicyclic amines) is 1. The van der Waals surface area contributed by atoms with Crippen LogP contribution in [0.5, 0.6) is 0 Å². The first-order valence-corrected chi connectivity index (χ1v) is 12.4. The van der Waals surface area contributed by atoms with Crippen molar-refractivity contribution in [3.05, 3.63) is 70.7 Å². The van der Waals surface area contributed by atoms with Gasteiger partial charge in [-0.15, -0.1) is 0 Å². The molecule has 5 rings (SSSR count). The monoisotopic (exact) mass is 465 g/mol. The van der Waals surface area contributed by atoms with E-state index in [4.69, 9.17) is 11.6 Å². The number of hydrogen-bond donors (Lipinski definition) is 2. The van der Waals surface area contributed by atoms with Gasteiger partial charge < -0.3 is 15.5 Å². The molecule has 0 radical (unpaired) electrons. The largest absolute Gasteiger partial charge is 0.347 e. The number of carbonyl (C=O) groups excluding carboxylic acids is 2. The molecule has 5 nitrogen and oxygen atoms in total. The second-order valence-corrected chi connectivity index (χ2v) is 10.4. The third-order valence-electron chi connectivity index (χ3n) is 8.04. The number of hydrogen-bond acceptors (Lipinski definition) is 3. The molecule has 2 amide bonds. The quantitative estimate of drug-likeness (QED) is 0.710. The molecule has 174 valence electrons. The molecule has 33 heavy (non-hydrogen) atoms. The normalized spacial score (nSPS) is 28.4. The van der Waals surface area contributed by atoms with Crippen LogP contribution in [0.1, 0.15) is 56.2 Å². The van der Waals surface area contributed by atoms with E-state index in [1.54, 1.807) is 6.92 Å². The Labute approximate surface area is 200 Å². The van der Waals surface area contributed by atoms with Gasteiger partial charge >= 0.3 is 0 Å². The van der Waals surface area contributed by atoms with Gasteiger partial charge in [0.05, 0.1) is 17.0 Å². The second-order valence-electron chi connectivity index (χ2n) is 9.99. The van der Waals surface area contributed by atoms with Gasteiger partial charge in [0.1, 0.15) is 0 Å². The molecular formula is C27H32ClN3O2. The van der Waals surface area contributed by atoms with Gasteiger partial charge in [-0.05, 0) is 49.1 Å². The number of halogens is 1. The van der Waals surface area contributed by atoms with Gasteiger partial charge in [-0.2, -0.15) is 0 Å². The average molecular weight is 466 g/mol. The molecule has 2 aromatic carbocycles. The molecule has 0 aromatic heterocycles. The summed E-state index contributed by atoms with van der Waals surface area (Å²) < 4.78 is 0. The number of nitrogens with zero attached hydrogens (tertiary/aromatic N) is 1. The van der Waals surface area contributed by atoms with Crippen molar-refractivity contribution in [2.24, 2.45) is 5.92 Å². The van der Waals surface area contributed by atoms with E-state index in [-0.39, 0.29) is 23.8 Å². The number of nitrogens with one attached hydrogen (secondary N) is 2. The van der Waals surface area contributed by atoms with Crippen LogP contribution in [0.15, 0.2) is 54.6 Å². The van der Waals surface area contributed by atoms with E-state index in [2.05, 4.69) is 27.7 Å². The summed E-state index contributed by atoms with van der Waals surface area (Å²) in [4.78, 5) is 29.0. The lowest BCUT2D eigenvalue weighted by Gasteiger charge is -2.40. The summed E-state index contributed by atoms with van der Waals surface area (Å²) in [6, 6.07) is 18.1. The molecule has 2 saturated heterocycles. The maximum Gasteiger partial charge on any atom is 0.233 e. The molecule has 3 aliphatic rings. The first-order valence-electron chi connectivity index (χ1n) is 12.1. The van der Waals surface area contributed by atoms with E-state index < -0.39 is 11.0 Å². The highest BCUT2D eigenvalue weighted by Gasteiger charge is 2.58. The minimum Gasteiger partial charge on any atom is -0.347 e. The van der Waals surface area contributed by atoms with E-state index >= 15 is 0 Å². The third-order valence-corrected chi connectivity index (χ3v) is 8.29. The third kappa shape index (κ3) is 3.85. The maximum atomic E-state index is 14.6. The summed E-state index contributed by atoms with van der Waals surface area (Å²) in [5, 5.41) is 7.45. The van der Waals surface area contributed by atoms with Crippen LogP contribution < -0.4 is 10.6 Å². The number of piperidine rings is 1. The van der Waals surface area contributed by atoms with Crippen molar-refractivity contribution in [3.63, 3.8) is 0 Å². The van der Waals surface area contributed by atoms with E-state index in [0.717, 1.165) is 49.8 Å². The van der Waals surface area contributed by atoms with Crippen molar-refractivity contribution >= 4 is 23.4 Å². The summed E-state index contributed by atoms with van der Waals surface area (Å²) >= 11 is 6.18. The zero-order valence-corrected chi connectivity index (χ0v) is 19.9. The lowest BCUT2D eigenvalue weighted by atomic mass is 9.75. The maximum absolute atomic E-state index is 14.6. The summed E-state index contributed by atoms with van der Waals surface area (Å²) in [5.41, 5.74) is 1.22. The zero-order chi connectivity index (χ0) is 23.1. The topological polar surface area (TPSA) is 61.4 Å². The Hall–Kier alpha value is -2.37. The summed E-state index contributed by atoms with van der Waals surface area (Å²) in [5.74, 6) is 0.311. The minimum absolute atomic E-state index is 0.0434. The fourth-order valence-corrected chi connectivity index (χ4v) is 6.79. The van der Waals surface area contributed by atoms with Gasteiger partial charge in [0.15, 0.2) is 0 Å². The smallest absolute Gasteiger partial charge is 0.233 e. The van der Waals surface area contributed by atoms with Crippen LogP contribution in [0.4, 0.5) is 0 Å². The Bertz CT molecular complexity index is 1020. The van der Waals surface area contributed by atoms with Crippen molar-refractivity contribution in [3.8, 4) is 0 Å². The number of benzene rings is 2. The standard InChI is InChI=1S/C27H32ClN3O2/c1-19(32)30-27-17-29-16-13-23(27)24(20-7-3-2-4-8-20)31(18-27)25(33)26(14-5-6-15-26)21-9-11-22(28)12-10-21/h2-4,7-12,23-24,29H,5-6,13-18H2,1H3,(H,30,32)/t23-,24-,27-/m1/s1. The molecule has 2 N–H and O–H groups in total. The molecule has 6 heteroatoms. The highest BCUT2D eigenvalue weighted by molar-refractivity contribution is 6.30. The highest BCUT2D eigenvalue weighted by atomic mass is 35.5. The Morgan fingerprint density at radius 3 is 2.42 bits per heavy atom. The van der Waals surface area contributed by atoms with Crippen LogP contribution >= 0.6 is 11.6 Å². The molecule has 2 aromatic rings. The number of carbonyl (C=O) groups is 2. The van der Waals surface area contributed by atoms with Crippen LogP contribution in [0.2, 0.25) is 5.02 Å². The van der Waals surface area contributed by atoms with Gasteiger partial charge in [-0.3, -0.25) is 9.59 Å². The van der Waals surface area contributed by atoms with Gasteiger partial charge in [-0.25, -0.2) is 0 Å². The predicted molar refractivity (Wildman–Crippen MR) is 130 cm³/mol. The number of rotatable bonds is 4. The van der Waals surface area contributed by atoms with Crippen molar-refractivity contribution in [2.45, 2.75) is 56.0 Å². The predicted octanol–water partition coefficient (Wildman–Crippen LogP) is 4.22. The highest BCUT2D eigenvalue weighted by Crippen LogP contribution is 2.51. The Kier molecular flexibility index (Phi) is 5.96. The first-order chi connectivity index (χ1) is 16.0. The van der Waals surface area contributed by atoms with Crippen LogP contribution in [0, 0.1) is 5.92 Å². The molecule has 1 saturated carbocycles. The fourth-order valence-electron chi connectivity index (χ4n) is 6.67. The van der Waals surface area contributed by atoms with Crippen LogP contribution in [-0.2, 0) is 15.0 Å². The molecule has 0 bridgehead atoms. The molecule has 3 fully saturated rings. The SMILES string of the molecule is CC(=O)N[C@@]12CNCC[C@@H]1[C@@H](c1ccccc1)N(C(=O)C1(c3ccc(Cl)cc3)CCCC1)C2. The molecule has 0 spiro atoms. The van der Waals surface area contributed by atoms with E-state index in [9.17, 15) is 9.59 Å². The lowest BCUT2D eigenvalue weighted by molar-refractivity contribution is -0.139. The fraction of sp³-hybridized carbons (Fsp3) is 0.481. The Morgan fingerprint density at radius 2 is 1.76 bits per heavy atom. The van der Waals surface area contributed by atoms with Crippen molar-refractivity contribution < 1.29 is 9.59 Å². The zero-order valence-electron chi connectivity index (χ0n) is 19.1. The van der Waals surface area contributed by atoms with E-state index in [1.165, 1.54) is 0 Å². The van der Waals surface area contributed by atoms with Crippen molar-refractivity contribution in [1.29, 1.82) is 0 Å². The van der Waals surface area contributed by atoms with Gasteiger partial charge in [0.25, 0.3) is 0 Å². The number of amides is 2. The summed E-state index contributed by atoms with van der Waals surface area (Å²) in [6.45, 7) is 3.67. The van der Waals surface area contributed by atoms with E-state index in [0.29, 0.717) is 18.1 Å². The molecule has 0 unspecified atom stereocenters. The Balaban J connectivity index is 1.60. The summed E-state index contributed by atoms with van der Waals surface area (Å²) in [7, 11) is 0. The molecule has 2 aliphatic heterocycles. The van der Waals surface area contributed by atoms with Crippen molar-refractivity contribution in [1.82, 2.24) is 15.5 Å². The molecule has 1 aliphatic carbocycles. The van der Waals surface area contributed by atoms with Crippen LogP contribution in [0.25, 0.3) is 0 Å². The van der Waals surface area contributed by atoms with Crippen LogP contribution in [-0.4, -0.2) is 41.9 Å².